The quantitative estimate of drug-likeness (QED) is 0.476. The lowest BCUT2D eigenvalue weighted by molar-refractivity contribution is -0.136. The predicted octanol–water partition coefficient (Wildman–Crippen LogP) is 2.79. The molecule has 108 valence electrons. The van der Waals surface area contributed by atoms with E-state index >= 15 is 0 Å². The van der Waals surface area contributed by atoms with Gasteiger partial charge in [-0.3, -0.25) is 0 Å². The largest absolute Gasteiger partial charge is 0.493 e. The third-order valence-electron chi connectivity index (χ3n) is 2.74. The van der Waals surface area contributed by atoms with Crippen LogP contribution in [-0.2, 0) is 9.63 Å². The summed E-state index contributed by atoms with van der Waals surface area (Å²) < 4.78 is 11.4. The molecule has 0 atom stereocenters. The van der Waals surface area contributed by atoms with Crippen LogP contribution in [0.4, 0.5) is 0 Å². The van der Waals surface area contributed by atoms with E-state index < -0.39 is 5.97 Å². The SMILES string of the molecule is C#CCOc1c(Br)cc(/C=C2/C(=O)ON=C2C)cc1OC. The Kier molecular flexibility index (Phi) is 4.66. The van der Waals surface area contributed by atoms with Gasteiger partial charge in [0, 0.05) is 0 Å². The number of methoxy groups -OCH3 is 1. The van der Waals surface area contributed by atoms with Gasteiger partial charge in [-0.2, -0.15) is 0 Å². The number of ether oxygens (including phenoxy) is 2. The summed E-state index contributed by atoms with van der Waals surface area (Å²) in [5.74, 6) is 2.93. The van der Waals surface area contributed by atoms with Crippen LogP contribution in [0.2, 0.25) is 0 Å². The zero-order chi connectivity index (χ0) is 15.4. The average molecular weight is 350 g/mol. The molecule has 0 saturated heterocycles. The molecule has 0 fully saturated rings. The molecular weight excluding hydrogens is 338 g/mol. The lowest BCUT2D eigenvalue weighted by Gasteiger charge is -2.12. The summed E-state index contributed by atoms with van der Waals surface area (Å²) in [7, 11) is 1.53. The molecule has 6 heteroatoms. The van der Waals surface area contributed by atoms with E-state index in [9.17, 15) is 4.79 Å². The van der Waals surface area contributed by atoms with Crippen LogP contribution in [0.25, 0.3) is 6.08 Å². The summed E-state index contributed by atoms with van der Waals surface area (Å²) in [4.78, 5) is 16.1. The molecule has 0 bridgehead atoms. The molecule has 1 aliphatic heterocycles. The van der Waals surface area contributed by atoms with Crippen molar-refractivity contribution < 1.29 is 19.1 Å². The number of hydrogen-bond donors (Lipinski definition) is 0. The standard InChI is InChI=1S/C15H12BrNO4/c1-4-5-20-14-12(16)7-10(8-13(14)19-3)6-11-9(2)17-21-15(11)18/h1,6-8H,5H2,2-3H3/b11-6+. The number of halogens is 1. The maximum atomic E-state index is 11.5. The van der Waals surface area contributed by atoms with Gasteiger partial charge in [0.25, 0.3) is 0 Å². The molecule has 0 radical (unpaired) electrons. The van der Waals surface area contributed by atoms with Gasteiger partial charge >= 0.3 is 5.97 Å². The van der Waals surface area contributed by atoms with E-state index in [1.807, 2.05) is 0 Å². The lowest BCUT2D eigenvalue weighted by atomic mass is 10.1. The molecule has 0 aliphatic carbocycles. The molecule has 1 aliphatic rings. The second-order valence-corrected chi connectivity index (χ2v) is 4.99. The summed E-state index contributed by atoms with van der Waals surface area (Å²) in [6.07, 6.45) is 6.86. The van der Waals surface area contributed by atoms with Crippen LogP contribution in [-0.4, -0.2) is 25.4 Å². The fourth-order valence-electron chi connectivity index (χ4n) is 1.76. The van der Waals surface area contributed by atoms with Crippen LogP contribution in [0.3, 0.4) is 0 Å². The van der Waals surface area contributed by atoms with Gasteiger partial charge in [0.1, 0.15) is 6.61 Å². The van der Waals surface area contributed by atoms with Crippen LogP contribution in [0.15, 0.2) is 27.3 Å². The summed E-state index contributed by atoms with van der Waals surface area (Å²) in [5.41, 5.74) is 1.68. The van der Waals surface area contributed by atoms with Crippen LogP contribution < -0.4 is 9.47 Å². The molecule has 2 rings (SSSR count). The number of carbonyl (C=O) groups is 1. The van der Waals surface area contributed by atoms with Gasteiger partial charge in [0.05, 0.1) is 22.9 Å². The monoisotopic (exact) mass is 349 g/mol. The first-order valence-electron chi connectivity index (χ1n) is 5.98. The predicted molar refractivity (Wildman–Crippen MR) is 82.2 cm³/mol. The number of carbonyl (C=O) groups excluding carboxylic acids is 1. The van der Waals surface area contributed by atoms with E-state index in [2.05, 4.69) is 31.8 Å². The zero-order valence-corrected chi connectivity index (χ0v) is 13.1. The van der Waals surface area contributed by atoms with Crippen molar-refractivity contribution in [1.82, 2.24) is 0 Å². The Morgan fingerprint density at radius 2 is 2.29 bits per heavy atom. The van der Waals surface area contributed by atoms with E-state index in [4.69, 9.17) is 15.9 Å². The van der Waals surface area contributed by atoms with E-state index in [1.54, 1.807) is 25.1 Å². The second kappa shape index (κ2) is 6.46. The van der Waals surface area contributed by atoms with Crippen molar-refractivity contribution in [3.05, 3.63) is 27.7 Å². The number of benzene rings is 1. The molecule has 1 heterocycles. The van der Waals surface area contributed by atoms with Gasteiger partial charge in [-0.05, 0) is 46.6 Å². The van der Waals surface area contributed by atoms with Crippen molar-refractivity contribution in [2.24, 2.45) is 5.16 Å². The number of hydrogen-bond acceptors (Lipinski definition) is 5. The fourth-order valence-corrected chi connectivity index (χ4v) is 2.34. The molecule has 21 heavy (non-hydrogen) atoms. The molecule has 5 nitrogen and oxygen atoms in total. The minimum Gasteiger partial charge on any atom is -0.493 e. The summed E-state index contributed by atoms with van der Waals surface area (Å²) in [6, 6.07) is 3.53. The highest BCUT2D eigenvalue weighted by atomic mass is 79.9. The minimum absolute atomic E-state index is 0.132. The Labute approximate surface area is 130 Å². The van der Waals surface area contributed by atoms with Crippen LogP contribution in [0.1, 0.15) is 12.5 Å². The number of terminal acetylenes is 1. The summed E-state index contributed by atoms with van der Waals surface area (Å²) in [5, 5.41) is 3.63. The number of rotatable bonds is 4. The van der Waals surface area contributed by atoms with Gasteiger partial charge in [-0.15, -0.1) is 6.42 Å². The summed E-state index contributed by atoms with van der Waals surface area (Å²) >= 11 is 3.40. The number of oxime groups is 1. The average Bonchev–Trinajstić information content (AvgIpc) is 2.77. The molecule has 1 aromatic carbocycles. The zero-order valence-electron chi connectivity index (χ0n) is 11.5. The Morgan fingerprint density at radius 1 is 1.52 bits per heavy atom. The van der Waals surface area contributed by atoms with Gasteiger partial charge in [-0.25, -0.2) is 4.79 Å². The van der Waals surface area contributed by atoms with E-state index in [0.717, 1.165) is 5.56 Å². The van der Waals surface area contributed by atoms with Gasteiger partial charge in [0.2, 0.25) is 0 Å². The topological polar surface area (TPSA) is 57.1 Å². The Hall–Kier alpha value is -2.26. The molecule has 0 saturated carbocycles. The fraction of sp³-hybridized carbons (Fsp3) is 0.200. The lowest BCUT2D eigenvalue weighted by Crippen LogP contribution is -2.02. The van der Waals surface area contributed by atoms with E-state index in [-0.39, 0.29) is 6.61 Å². The molecule has 1 aromatic rings. The second-order valence-electron chi connectivity index (χ2n) is 4.14. The Bertz CT molecular complexity index is 686. The maximum Gasteiger partial charge on any atom is 0.367 e. The normalized spacial score (nSPS) is 15.4. The summed E-state index contributed by atoms with van der Waals surface area (Å²) in [6.45, 7) is 1.83. The molecule has 0 unspecified atom stereocenters. The van der Waals surface area contributed by atoms with Crippen LogP contribution in [0.5, 0.6) is 11.5 Å². The Morgan fingerprint density at radius 3 is 2.86 bits per heavy atom. The van der Waals surface area contributed by atoms with Crippen molar-refractivity contribution in [2.45, 2.75) is 6.92 Å². The third-order valence-corrected chi connectivity index (χ3v) is 3.33. The Balaban J connectivity index is 2.41. The smallest absolute Gasteiger partial charge is 0.367 e. The molecule has 0 spiro atoms. The van der Waals surface area contributed by atoms with Gasteiger partial charge in [-0.1, -0.05) is 11.1 Å². The molecule has 0 N–H and O–H groups in total. The van der Waals surface area contributed by atoms with Crippen molar-refractivity contribution in [3.63, 3.8) is 0 Å². The van der Waals surface area contributed by atoms with E-state index in [1.165, 1.54) is 7.11 Å². The highest BCUT2D eigenvalue weighted by Crippen LogP contribution is 2.37. The van der Waals surface area contributed by atoms with E-state index in [0.29, 0.717) is 27.3 Å². The number of nitrogens with zero attached hydrogens (tertiary/aromatic N) is 1. The van der Waals surface area contributed by atoms with Crippen molar-refractivity contribution in [3.8, 4) is 23.8 Å². The highest BCUT2D eigenvalue weighted by Gasteiger charge is 2.22. The first-order chi connectivity index (χ1) is 10.1. The van der Waals surface area contributed by atoms with Crippen molar-refractivity contribution in [2.75, 3.05) is 13.7 Å². The maximum absolute atomic E-state index is 11.5. The molecular formula is C15H12BrNO4. The van der Waals surface area contributed by atoms with Crippen molar-refractivity contribution in [1.29, 1.82) is 0 Å². The first-order valence-corrected chi connectivity index (χ1v) is 6.78. The van der Waals surface area contributed by atoms with Crippen LogP contribution >= 0.6 is 15.9 Å². The van der Waals surface area contributed by atoms with Crippen LogP contribution in [0, 0.1) is 12.3 Å². The highest BCUT2D eigenvalue weighted by molar-refractivity contribution is 9.10. The van der Waals surface area contributed by atoms with Crippen molar-refractivity contribution >= 4 is 33.7 Å². The molecule has 0 amide bonds. The molecule has 0 aromatic heterocycles. The van der Waals surface area contributed by atoms with Gasteiger partial charge < -0.3 is 14.3 Å². The third kappa shape index (κ3) is 3.26. The van der Waals surface area contributed by atoms with Gasteiger partial charge in [0.15, 0.2) is 11.5 Å². The first kappa shape index (κ1) is 15.1. The minimum atomic E-state index is -0.477.